The number of pyridine rings is 1. The normalized spacial score (nSPS) is 28.6. The lowest BCUT2D eigenvalue weighted by atomic mass is 9.56. The van der Waals surface area contributed by atoms with Crippen molar-refractivity contribution in [1.29, 1.82) is 0 Å². The number of aliphatic imine (C=N–C) groups is 1. The van der Waals surface area contributed by atoms with Crippen LogP contribution >= 0.6 is 0 Å². The Kier molecular flexibility index (Phi) is 6.61. The number of hydrogen-bond donors (Lipinski definition) is 2. The second-order valence-corrected chi connectivity index (χ2v) is 8.90. The lowest BCUT2D eigenvalue weighted by Crippen LogP contribution is -2.69. The first-order valence-corrected chi connectivity index (χ1v) is 10.6. The summed E-state index contributed by atoms with van der Waals surface area (Å²) in [7, 11) is 1.82. The lowest BCUT2D eigenvalue weighted by Gasteiger charge is -2.59. The van der Waals surface area contributed by atoms with Crippen LogP contribution in [0, 0.1) is 5.41 Å². The number of ether oxygens (including phenoxy) is 1. The molecule has 1 saturated carbocycles. The van der Waals surface area contributed by atoms with Gasteiger partial charge in [0, 0.05) is 57.0 Å². The van der Waals surface area contributed by atoms with Crippen LogP contribution < -0.4 is 10.6 Å². The molecule has 28 heavy (non-hydrogen) atoms. The van der Waals surface area contributed by atoms with Crippen molar-refractivity contribution in [3.8, 4) is 0 Å². The Morgan fingerprint density at radius 2 is 2.00 bits per heavy atom. The fourth-order valence-corrected chi connectivity index (χ4v) is 4.33. The van der Waals surface area contributed by atoms with E-state index in [2.05, 4.69) is 60.3 Å². The molecule has 1 aliphatic heterocycles. The summed E-state index contributed by atoms with van der Waals surface area (Å²) in [5.74, 6) is 0.946. The van der Waals surface area contributed by atoms with Gasteiger partial charge >= 0.3 is 0 Å². The maximum Gasteiger partial charge on any atom is 0.191 e. The monoisotopic (exact) mass is 387 g/mol. The van der Waals surface area contributed by atoms with Gasteiger partial charge in [0.2, 0.25) is 0 Å². The maximum atomic E-state index is 5.76. The predicted molar refractivity (Wildman–Crippen MR) is 114 cm³/mol. The molecule has 0 amide bonds. The zero-order valence-electron chi connectivity index (χ0n) is 18.2. The molecule has 2 aliphatic rings. The summed E-state index contributed by atoms with van der Waals surface area (Å²) in [5.41, 5.74) is 1.15. The largest absolute Gasteiger partial charge is 0.378 e. The van der Waals surface area contributed by atoms with Crippen LogP contribution in [0.1, 0.15) is 52.7 Å². The van der Waals surface area contributed by atoms with Crippen LogP contribution in [0.2, 0.25) is 0 Å². The fourth-order valence-electron chi connectivity index (χ4n) is 4.33. The van der Waals surface area contributed by atoms with Crippen molar-refractivity contribution in [3.05, 3.63) is 30.1 Å². The van der Waals surface area contributed by atoms with Crippen LogP contribution in [0.15, 0.2) is 29.4 Å². The first-order valence-electron chi connectivity index (χ1n) is 10.6. The summed E-state index contributed by atoms with van der Waals surface area (Å²) in [6.07, 6.45) is 5.13. The minimum Gasteiger partial charge on any atom is -0.378 e. The molecule has 0 aromatic carbocycles. The van der Waals surface area contributed by atoms with Gasteiger partial charge in [-0.1, -0.05) is 19.9 Å². The third-order valence-corrected chi connectivity index (χ3v) is 6.95. The van der Waals surface area contributed by atoms with Crippen LogP contribution in [0.3, 0.4) is 0 Å². The van der Waals surface area contributed by atoms with E-state index in [0.29, 0.717) is 12.1 Å². The Hall–Kier alpha value is -1.66. The van der Waals surface area contributed by atoms with Crippen molar-refractivity contribution in [1.82, 2.24) is 20.5 Å². The number of piperidine rings is 1. The summed E-state index contributed by atoms with van der Waals surface area (Å²) >= 11 is 0. The van der Waals surface area contributed by atoms with Gasteiger partial charge in [-0.05, 0) is 45.2 Å². The third-order valence-electron chi connectivity index (χ3n) is 6.95. The number of guanidine groups is 1. The number of rotatable bonds is 6. The quantitative estimate of drug-likeness (QED) is 0.581. The van der Waals surface area contributed by atoms with Crippen LogP contribution in [0.25, 0.3) is 0 Å². The van der Waals surface area contributed by atoms with Crippen LogP contribution in [0.5, 0.6) is 0 Å². The van der Waals surface area contributed by atoms with E-state index in [-0.39, 0.29) is 11.0 Å². The van der Waals surface area contributed by atoms with Gasteiger partial charge in [0.25, 0.3) is 0 Å². The van der Waals surface area contributed by atoms with Gasteiger partial charge in [0.1, 0.15) is 0 Å². The standard InChI is InChI=1S/C22H37N5O/c1-6-23-20(26-19-15-22(4,28-5)21(19,2)3)25-17-10-13-27(14-11-17)16-18-9-7-8-12-24-18/h7-9,12,17,19H,6,10-11,13-16H2,1-5H3,(H2,23,25,26). The Balaban J connectivity index is 1.49. The molecule has 156 valence electrons. The molecule has 0 spiro atoms. The van der Waals surface area contributed by atoms with Crippen molar-refractivity contribution < 1.29 is 4.74 Å². The number of methoxy groups -OCH3 is 1. The molecule has 1 saturated heterocycles. The molecule has 6 nitrogen and oxygen atoms in total. The zero-order chi connectivity index (χ0) is 20.2. The topological polar surface area (TPSA) is 61.8 Å². The fraction of sp³-hybridized carbons (Fsp3) is 0.727. The second-order valence-electron chi connectivity index (χ2n) is 8.90. The minimum absolute atomic E-state index is 0.0706. The molecule has 3 rings (SSSR count). The van der Waals surface area contributed by atoms with E-state index in [1.807, 2.05) is 19.4 Å². The Labute approximate surface area is 170 Å². The molecule has 2 fully saturated rings. The Morgan fingerprint density at radius 3 is 2.57 bits per heavy atom. The minimum atomic E-state index is -0.0706. The summed E-state index contributed by atoms with van der Waals surface area (Å²) < 4.78 is 5.76. The molecule has 2 N–H and O–H groups in total. The summed E-state index contributed by atoms with van der Waals surface area (Å²) in [4.78, 5) is 11.6. The average Bonchev–Trinajstić information content (AvgIpc) is 2.70. The molecule has 2 unspecified atom stereocenters. The van der Waals surface area contributed by atoms with Crippen molar-refractivity contribution in [2.45, 2.75) is 71.2 Å². The molecule has 6 heteroatoms. The molecular weight excluding hydrogens is 350 g/mol. The number of hydrogen-bond acceptors (Lipinski definition) is 4. The van der Waals surface area contributed by atoms with E-state index in [0.717, 1.165) is 57.1 Å². The van der Waals surface area contributed by atoms with E-state index < -0.39 is 0 Å². The SMILES string of the molecule is CCN=C(NC1CCN(Cc2ccccn2)CC1)NC1CC(C)(OC)C1(C)C. The maximum absolute atomic E-state index is 5.76. The van der Waals surface area contributed by atoms with Gasteiger partial charge in [0.15, 0.2) is 5.96 Å². The van der Waals surface area contributed by atoms with Crippen LogP contribution in [-0.4, -0.2) is 60.3 Å². The first-order chi connectivity index (χ1) is 13.4. The average molecular weight is 388 g/mol. The number of nitrogens with zero attached hydrogens (tertiary/aromatic N) is 3. The number of likely N-dealkylation sites (tertiary alicyclic amines) is 1. The van der Waals surface area contributed by atoms with E-state index in [4.69, 9.17) is 9.73 Å². The number of nitrogens with one attached hydrogen (secondary N) is 2. The van der Waals surface area contributed by atoms with Gasteiger partial charge < -0.3 is 15.4 Å². The predicted octanol–water partition coefficient (Wildman–Crippen LogP) is 2.80. The highest BCUT2D eigenvalue weighted by atomic mass is 16.5. The molecular formula is C22H37N5O. The van der Waals surface area contributed by atoms with E-state index in [9.17, 15) is 0 Å². The summed E-state index contributed by atoms with van der Waals surface area (Å²) in [6, 6.07) is 6.98. The molecule has 1 aliphatic carbocycles. The van der Waals surface area contributed by atoms with Gasteiger partial charge in [-0.15, -0.1) is 0 Å². The second kappa shape index (κ2) is 8.78. The van der Waals surface area contributed by atoms with Gasteiger partial charge in [-0.25, -0.2) is 0 Å². The van der Waals surface area contributed by atoms with Crippen molar-refractivity contribution in [3.63, 3.8) is 0 Å². The van der Waals surface area contributed by atoms with Crippen molar-refractivity contribution in [2.24, 2.45) is 10.4 Å². The summed E-state index contributed by atoms with van der Waals surface area (Å²) in [6.45, 7) is 12.7. The molecule has 2 heterocycles. The van der Waals surface area contributed by atoms with Gasteiger partial charge in [0.05, 0.1) is 11.3 Å². The Morgan fingerprint density at radius 1 is 1.25 bits per heavy atom. The molecule has 0 radical (unpaired) electrons. The highest BCUT2D eigenvalue weighted by molar-refractivity contribution is 5.80. The highest BCUT2D eigenvalue weighted by Crippen LogP contribution is 2.51. The van der Waals surface area contributed by atoms with Crippen LogP contribution in [0.4, 0.5) is 0 Å². The van der Waals surface area contributed by atoms with Crippen LogP contribution in [-0.2, 0) is 11.3 Å². The molecule has 0 bridgehead atoms. The molecule has 2 atom stereocenters. The van der Waals surface area contributed by atoms with Crippen molar-refractivity contribution >= 4 is 5.96 Å². The smallest absolute Gasteiger partial charge is 0.191 e. The zero-order valence-corrected chi connectivity index (χ0v) is 18.2. The highest BCUT2D eigenvalue weighted by Gasteiger charge is 2.58. The lowest BCUT2D eigenvalue weighted by molar-refractivity contribution is -0.176. The van der Waals surface area contributed by atoms with E-state index in [1.165, 1.54) is 0 Å². The van der Waals surface area contributed by atoms with E-state index >= 15 is 0 Å². The van der Waals surface area contributed by atoms with Gasteiger partial charge in [-0.3, -0.25) is 14.9 Å². The number of aromatic nitrogens is 1. The molecule has 1 aromatic heterocycles. The van der Waals surface area contributed by atoms with E-state index in [1.54, 1.807) is 0 Å². The van der Waals surface area contributed by atoms with Crippen molar-refractivity contribution in [2.75, 3.05) is 26.7 Å². The summed E-state index contributed by atoms with van der Waals surface area (Å²) in [5, 5.41) is 7.35. The van der Waals surface area contributed by atoms with Gasteiger partial charge in [-0.2, -0.15) is 0 Å². The molecule has 1 aromatic rings. The first kappa shape index (κ1) is 21.1. The third kappa shape index (κ3) is 4.49. The Bertz CT molecular complexity index is 654.